The average molecular weight is 379 g/mol. The minimum atomic E-state index is -0.516. The third-order valence-electron chi connectivity index (χ3n) is 5.17. The lowest BCUT2D eigenvalue weighted by molar-refractivity contribution is 0.100. The number of para-hydroxylation sites is 1. The standard InChI is InChI=1S/C21H22FN5O/c1-2-18-26-19-14(20(23)28)7-4-8-15(19)21(27-18)25-17-11-24-10-16(17)12-5-3-6-13(22)9-12/h3-9,16-17,24H,2,10-11H2,1H3,(H2,23,28)(H,25,26,27)/t16-,17+/m1/s1. The van der Waals surface area contributed by atoms with Crippen molar-refractivity contribution in [1.29, 1.82) is 0 Å². The summed E-state index contributed by atoms with van der Waals surface area (Å²) in [7, 11) is 0. The summed E-state index contributed by atoms with van der Waals surface area (Å²) in [6.45, 7) is 3.44. The first-order valence-corrected chi connectivity index (χ1v) is 9.39. The van der Waals surface area contributed by atoms with Crippen molar-refractivity contribution < 1.29 is 9.18 Å². The topological polar surface area (TPSA) is 92.9 Å². The van der Waals surface area contributed by atoms with Gasteiger partial charge in [0, 0.05) is 36.9 Å². The molecule has 144 valence electrons. The molecule has 1 saturated heterocycles. The lowest BCUT2D eigenvalue weighted by atomic mass is 9.94. The molecule has 28 heavy (non-hydrogen) atoms. The Morgan fingerprint density at radius 2 is 2.07 bits per heavy atom. The number of primary amides is 1. The monoisotopic (exact) mass is 379 g/mol. The normalized spacial score (nSPS) is 19.1. The second-order valence-electron chi connectivity index (χ2n) is 6.98. The summed E-state index contributed by atoms with van der Waals surface area (Å²) in [5.74, 6) is 0.648. The summed E-state index contributed by atoms with van der Waals surface area (Å²) in [6.07, 6.45) is 0.633. The van der Waals surface area contributed by atoms with Crippen LogP contribution in [0.4, 0.5) is 10.2 Å². The third kappa shape index (κ3) is 3.41. The van der Waals surface area contributed by atoms with Gasteiger partial charge in [-0.25, -0.2) is 14.4 Å². The molecule has 1 aliphatic rings. The van der Waals surface area contributed by atoms with Crippen LogP contribution in [-0.4, -0.2) is 35.0 Å². The number of halogens is 1. The molecule has 2 aromatic carbocycles. The molecule has 0 aliphatic carbocycles. The number of nitrogens with two attached hydrogens (primary N) is 1. The predicted molar refractivity (Wildman–Crippen MR) is 107 cm³/mol. The first-order chi connectivity index (χ1) is 13.6. The van der Waals surface area contributed by atoms with Gasteiger partial charge in [0.15, 0.2) is 0 Å². The fraction of sp³-hybridized carbons (Fsp3) is 0.286. The molecule has 2 heterocycles. The zero-order valence-electron chi connectivity index (χ0n) is 15.6. The summed E-state index contributed by atoms with van der Waals surface area (Å²) in [6, 6.07) is 12.1. The van der Waals surface area contributed by atoms with E-state index in [-0.39, 0.29) is 17.8 Å². The lowest BCUT2D eigenvalue weighted by Crippen LogP contribution is -2.28. The molecule has 0 radical (unpaired) electrons. The number of benzene rings is 2. The minimum Gasteiger partial charge on any atom is -0.366 e. The van der Waals surface area contributed by atoms with Crippen LogP contribution in [0.3, 0.4) is 0 Å². The van der Waals surface area contributed by atoms with Crippen LogP contribution in [0.1, 0.15) is 34.6 Å². The highest BCUT2D eigenvalue weighted by molar-refractivity contribution is 6.07. The van der Waals surface area contributed by atoms with Gasteiger partial charge in [-0.15, -0.1) is 0 Å². The molecule has 1 fully saturated rings. The average Bonchev–Trinajstić information content (AvgIpc) is 3.15. The van der Waals surface area contributed by atoms with E-state index < -0.39 is 5.91 Å². The highest BCUT2D eigenvalue weighted by atomic mass is 19.1. The number of carbonyl (C=O) groups is 1. The number of anilines is 1. The van der Waals surface area contributed by atoms with Crippen molar-refractivity contribution in [3.05, 3.63) is 65.2 Å². The maximum absolute atomic E-state index is 13.7. The number of hydrogen-bond donors (Lipinski definition) is 3. The molecule has 7 heteroatoms. The Hall–Kier alpha value is -3.06. The molecule has 0 unspecified atom stereocenters. The molecule has 1 aliphatic heterocycles. The molecule has 1 aromatic heterocycles. The highest BCUT2D eigenvalue weighted by Gasteiger charge is 2.29. The third-order valence-corrected chi connectivity index (χ3v) is 5.17. The SMILES string of the molecule is CCc1nc(N[C@H]2CNC[C@@H]2c2cccc(F)c2)c2cccc(C(N)=O)c2n1. The van der Waals surface area contributed by atoms with Crippen molar-refractivity contribution in [2.24, 2.45) is 5.73 Å². The molecular weight excluding hydrogens is 357 g/mol. The van der Waals surface area contributed by atoms with E-state index in [0.29, 0.717) is 29.1 Å². The number of fused-ring (bicyclic) bond motifs is 1. The van der Waals surface area contributed by atoms with Gasteiger partial charge in [-0.05, 0) is 29.8 Å². The van der Waals surface area contributed by atoms with E-state index in [4.69, 9.17) is 5.73 Å². The second-order valence-corrected chi connectivity index (χ2v) is 6.98. The minimum absolute atomic E-state index is 0.0295. The van der Waals surface area contributed by atoms with Crippen LogP contribution in [0.15, 0.2) is 42.5 Å². The van der Waals surface area contributed by atoms with Crippen LogP contribution in [0.5, 0.6) is 0 Å². The van der Waals surface area contributed by atoms with Crippen LogP contribution in [0.2, 0.25) is 0 Å². The maximum atomic E-state index is 13.7. The number of aryl methyl sites for hydroxylation is 1. The fourth-order valence-electron chi connectivity index (χ4n) is 3.76. The lowest BCUT2D eigenvalue weighted by Gasteiger charge is -2.22. The molecule has 6 nitrogen and oxygen atoms in total. The molecule has 2 atom stereocenters. The largest absolute Gasteiger partial charge is 0.366 e. The number of carbonyl (C=O) groups excluding carboxylic acids is 1. The maximum Gasteiger partial charge on any atom is 0.250 e. The van der Waals surface area contributed by atoms with Gasteiger partial charge in [0.2, 0.25) is 0 Å². The smallest absolute Gasteiger partial charge is 0.250 e. The van der Waals surface area contributed by atoms with Gasteiger partial charge in [-0.1, -0.05) is 25.1 Å². The van der Waals surface area contributed by atoms with Crippen molar-refractivity contribution in [2.45, 2.75) is 25.3 Å². The van der Waals surface area contributed by atoms with E-state index in [1.807, 2.05) is 19.1 Å². The Morgan fingerprint density at radius 1 is 1.25 bits per heavy atom. The van der Waals surface area contributed by atoms with Crippen molar-refractivity contribution in [2.75, 3.05) is 18.4 Å². The Bertz CT molecular complexity index is 1040. The van der Waals surface area contributed by atoms with Gasteiger partial charge in [0.1, 0.15) is 17.5 Å². The van der Waals surface area contributed by atoms with E-state index in [1.165, 1.54) is 6.07 Å². The number of nitrogens with one attached hydrogen (secondary N) is 2. The number of nitrogens with zero attached hydrogens (tertiary/aromatic N) is 2. The number of amides is 1. The Kier molecular flexibility index (Phi) is 4.92. The van der Waals surface area contributed by atoms with Gasteiger partial charge in [0.05, 0.1) is 11.1 Å². The van der Waals surface area contributed by atoms with E-state index in [2.05, 4.69) is 20.6 Å². The summed E-state index contributed by atoms with van der Waals surface area (Å²) in [5.41, 5.74) is 7.40. The van der Waals surface area contributed by atoms with Gasteiger partial charge in [0.25, 0.3) is 5.91 Å². The summed E-state index contributed by atoms with van der Waals surface area (Å²) in [4.78, 5) is 21.0. The zero-order valence-corrected chi connectivity index (χ0v) is 15.6. The summed E-state index contributed by atoms with van der Waals surface area (Å²) < 4.78 is 13.7. The van der Waals surface area contributed by atoms with Crippen LogP contribution < -0.4 is 16.4 Å². The van der Waals surface area contributed by atoms with Crippen LogP contribution in [0, 0.1) is 5.82 Å². The predicted octanol–water partition coefficient (Wildman–Crippen LogP) is 2.60. The molecular formula is C21H22FN5O. The molecule has 0 spiro atoms. The number of rotatable bonds is 5. The summed E-state index contributed by atoms with van der Waals surface area (Å²) >= 11 is 0. The van der Waals surface area contributed by atoms with Crippen molar-refractivity contribution in [1.82, 2.24) is 15.3 Å². The van der Waals surface area contributed by atoms with Gasteiger partial charge >= 0.3 is 0 Å². The Labute approximate surface area is 162 Å². The van der Waals surface area contributed by atoms with Gasteiger partial charge in [-0.3, -0.25) is 4.79 Å². The highest BCUT2D eigenvalue weighted by Crippen LogP contribution is 2.29. The molecule has 0 saturated carbocycles. The zero-order chi connectivity index (χ0) is 19.7. The van der Waals surface area contributed by atoms with E-state index >= 15 is 0 Å². The number of aromatic nitrogens is 2. The Morgan fingerprint density at radius 3 is 2.82 bits per heavy atom. The van der Waals surface area contributed by atoms with Gasteiger partial charge < -0.3 is 16.4 Å². The fourth-order valence-corrected chi connectivity index (χ4v) is 3.76. The quantitative estimate of drug-likeness (QED) is 0.634. The van der Waals surface area contributed by atoms with Crippen LogP contribution in [0.25, 0.3) is 10.9 Å². The summed E-state index contributed by atoms with van der Waals surface area (Å²) in [5, 5.41) is 7.62. The van der Waals surface area contributed by atoms with Crippen LogP contribution >= 0.6 is 0 Å². The van der Waals surface area contributed by atoms with E-state index in [9.17, 15) is 9.18 Å². The van der Waals surface area contributed by atoms with Crippen LogP contribution in [-0.2, 0) is 6.42 Å². The van der Waals surface area contributed by atoms with E-state index in [0.717, 1.165) is 24.0 Å². The molecule has 4 rings (SSSR count). The first kappa shape index (κ1) is 18.3. The van der Waals surface area contributed by atoms with Gasteiger partial charge in [-0.2, -0.15) is 0 Å². The Balaban J connectivity index is 1.74. The molecule has 1 amide bonds. The van der Waals surface area contributed by atoms with Crippen molar-refractivity contribution >= 4 is 22.6 Å². The molecule has 4 N–H and O–H groups in total. The van der Waals surface area contributed by atoms with E-state index in [1.54, 1.807) is 24.3 Å². The van der Waals surface area contributed by atoms with Crippen molar-refractivity contribution in [3.63, 3.8) is 0 Å². The number of hydrogen-bond acceptors (Lipinski definition) is 5. The first-order valence-electron chi connectivity index (χ1n) is 9.39. The second kappa shape index (κ2) is 7.52. The molecule has 3 aromatic rings. The molecule has 0 bridgehead atoms. The van der Waals surface area contributed by atoms with Crippen molar-refractivity contribution in [3.8, 4) is 0 Å².